The number of nitrogens with one attached hydrogen (secondary N) is 1. The van der Waals surface area contributed by atoms with Crippen molar-refractivity contribution in [3.63, 3.8) is 0 Å². The maximum atomic E-state index is 13.3. The number of hydrogen-bond donors (Lipinski definition) is 1. The molecule has 1 aromatic rings. The lowest BCUT2D eigenvalue weighted by atomic mass is 9.90. The number of benzene rings is 1. The molecular weight excluding hydrogens is 402 g/mol. The van der Waals surface area contributed by atoms with Crippen LogP contribution in [0, 0.1) is 5.92 Å². The van der Waals surface area contributed by atoms with Crippen molar-refractivity contribution < 1.29 is 33.4 Å². The van der Waals surface area contributed by atoms with E-state index in [-0.39, 0.29) is 6.42 Å². The highest BCUT2D eigenvalue weighted by Crippen LogP contribution is 2.17. The van der Waals surface area contributed by atoms with E-state index in [2.05, 4.69) is 5.32 Å². The summed E-state index contributed by atoms with van der Waals surface area (Å²) < 4.78 is 15.3. The van der Waals surface area contributed by atoms with Gasteiger partial charge < -0.3 is 19.5 Å². The van der Waals surface area contributed by atoms with Gasteiger partial charge in [0.1, 0.15) is 23.2 Å². The van der Waals surface area contributed by atoms with Gasteiger partial charge in [0.25, 0.3) is 0 Å². The zero-order chi connectivity index (χ0) is 23.8. The van der Waals surface area contributed by atoms with E-state index in [4.69, 9.17) is 14.2 Å². The first-order valence-corrected chi connectivity index (χ1v) is 10.1. The number of carbonyl (C=O) groups is 4. The highest BCUT2D eigenvalue weighted by Gasteiger charge is 2.37. The van der Waals surface area contributed by atoms with Gasteiger partial charge in [0.05, 0.1) is 13.5 Å². The van der Waals surface area contributed by atoms with Crippen LogP contribution in [0.25, 0.3) is 0 Å². The first-order chi connectivity index (χ1) is 14.2. The largest absolute Gasteiger partial charge is 0.468 e. The standard InChI is InChI=1S/C23H33NO7/c1-22(2,3)30-18(25)14-17(24-21(28)31-23(4,5)6)19(26)16(20(27)29-7)13-15-11-9-8-10-12-15/h8-12,16-17H,13-14H2,1-7H3,(H,24,28). The first-order valence-electron chi connectivity index (χ1n) is 10.1. The molecule has 172 valence electrons. The van der Waals surface area contributed by atoms with Crippen LogP contribution in [0.2, 0.25) is 0 Å². The van der Waals surface area contributed by atoms with Gasteiger partial charge in [-0.05, 0) is 53.5 Å². The lowest BCUT2D eigenvalue weighted by Crippen LogP contribution is -2.49. The van der Waals surface area contributed by atoms with E-state index in [1.165, 1.54) is 7.11 Å². The lowest BCUT2D eigenvalue weighted by Gasteiger charge is -2.26. The molecule has 1 amide bonds. The maximum Gasteiger partial charge on any atom is 0.408 e. The molecule has 2 unspecified atom stereocenters. The summed E-state index contributed by atoms with van der Waals surface area (Å²) in [6, 6.07) is 7.60. The molecule has 1 rings (SSSR count). The van der Waals surface area contributed by atoms with Crippen molar-refractivity contribution in [1.29, 1.82) is 0 Å². The topological polar surface area (TPSA) is 108 Å². The highest BCUT2D eigenvalue weighted by atomic mass is 16.6. The minimum absolute atomic E-state index is 0.0627. The third kappa shape index (κ3) is 10.1. The van der Waals surface area contributed by atoms with Crippen LogP contribution >= 0.6 is 0 Å². The van der Waals surface area contributed by atoms with Crippen LogP contribution in [0.3, 0.4) is 0 Å². The fourth-order valence-corrected chi connectivity index (χ4v) is 2.76. The van der Waals surface area contributed by atoms with Crippen molar-refractivity contribution in [2.45, 2.75) is 71.6 Å². The van der Waals surface area contributed by atoms with Gasteiger partial charge in [-0.25, -0.2) is 4.79 Å². The summed E-state index contributed by atoms with van der Waals surface area (Å²) in [5.41, 5.74) is -0.850. The monoisotopic (exact) mass is 435 g/mol. The maximum absolute atomic E-state index is 13.3. The molecular formula is C23H33NO7. The Kier molecular flexibility index (Phi) is 9.21. The van der Waals surface area contributed by atoms with E-state index < -0.39 is 53.4 Å². The second kappa shape index (κ2) is 10.9. The molecule has 0 radical (unpaired) electrons. The number of rotatable bonds is 8. The van der Waals surface area contributed by atoms with Gasteiger partial charge in [0.15, 0.2) is 5.78 Å². The van der Waals surface area contributed by atoms with Crippen molar-refractivity contribution >= 4 is 23.8 Å². The van der Waals surface area contributed by atoms with Gasteiger partial charge in [-0.3, -0.25) is 14.4 Å². The Hall–Kier alpha value is -2.90. The Labute approximate surface area is 183 Å². The number of ether oxygens (including phenoxy) is 3. The zero-order valence-electron chi connectivity index (χ0n) is 19.3. The lowest BCUT2D eigenvalue weighted by molar-refractivity contribution is -0.158. The van der Waals surface area contributed by atoms with Crippen LogP contribution < -0.4 is 5.32 Å². The number of Topliss-reactive ketones (excluding diaryl/α,β-unsaturated/α-hetero) is 1. The molecule has 0 aliphatic heterocycles. The zero-order valence-corrected chi connectivity index (χ0v) is 19.3. The van der Waals surface area contributed by atoms with Gasteiger partial charge in [0, 0.05) is 0 Å². The van der Waals surface area contributed by atoms with E-state index >= 15 is 0 Å². The van der Waals surface area contributed by atoms with Crippen LogP contribution in [0.15, 0.2) is 30.3 Å². The summed E-state index contributed by atoms with van der Waals surface area (Å²) in [6.07, 6.45) is -1.26. The summed E-state index contributed by atoms with van der Waals surface area (Å²) in [7, 11) is 1.18. The predicted molar refractivity (Wildman–Crippen MR) is 114 cm³/mol. The molecule has 0 aliphatic rings. The number of ketones is 1. The number of amides is 1. The molecule has 8 nitrogen and oxygen atoms in total. The molecule has 0 saturated heterocycles. The highest BCUT2D eigenvalue weighted by molar-refractivity contribution is 6.04. The molecule has 0 aliphatic carbocycles. The Balaban J connectivity index is 3.14. The van der Waals surface area contributed by atoms with Gasteiger partial charge in [-0.15, -0.1) is 0 Å². The molecule has 31 heavy (non-hydrogen) atoms. The molecule has 0 bridgehead atoms. The number of hydrogen-bond acceptors (Lipinski definition) is 7. The van der Waals surface area contributed by atoms with E-state index in [0.29, 0.717) is 0 Å². The quantitative estimate of drug-likeness (QED) is 0.379. The SMILES string of the molecule is COC(=O)C(Cc1ccccc1)C(=O)C(CC(=O)OC(C)(C)C)NC(=O)OC(C)(C)C. The third-order valence-electron chi connectivity index (χ3n) is 3.94. The van der Waals surface area contributed by atoms with Crippen LogP contribution in [0.4, 0.5) is 4.79 Å². The molecule has 1 aromatic carbocycles. The van der Waals surface area contributed by atoms with Crippen molar-refractivity contribution in [2.75, 3.05) is 7.11 Å². The van der Waals surface area contributed by atoms with Crippen molar-refractivity contribution in [2.24, 2.45) is 5.92 Å². The minimum atomic E-state index is -1.32. The van der Waals surface area contributed by atoms with Crippen LogP contribution in [-0.4, -0.2) is 48.2 Å². The molecule has 0 fully saturated rings. The normalized spacial score (nSPS) is 13.5. The minimum Gasteiger partial charge on any atom is -0.468 e. The molecule has 0 heterocycles. The smallest absolute Gasteiger partial charge is 0.408 e. The third-order valence-corrected chi connectivity index (χ3v) is 3.94. The second-order valence-electron chi connectivity index (χ2n) is 9.16. The number of esters is 2. The average molecular weight is 436 g/mol. The van der Waals surface area contributed by atoms with Crippen molar-refractivity contribution in [3.8, 4) is 0 Å². The summed E-state index contributed by atoms with van der Waals surface area (Å²) in [6.45, 7) is 10.1. The molecule has 0 aromatic heterocycles. The fraction of sp³-hybridized carbons (Fsp3) is 0.565. The van der Waals surface area contributed by atoms with E-state index in [0.717, 1.165) is 5.56 Å². The molecule has 2 atom stereocenters. The number of alkyl carbamates (subject to hydrolysis) is 1. The van der Waals surface area contributed by atoms with Gasteiger partial charge in [-0.2, -0.15) is 0 Å². The van der Waals surface area contributed by atoms with Crippen LogP contribution in [0.5, 0.6) is 0 Å². The Morgan fingerprint density at radius 1 is 0.903 bits per heavy atom. The Morgan fingerprint density at radius 3 is 1.94 bits per heavy atom. The van der Waals surface area contributed by atoms with Crippen LogP contribution in [-0.2, 0) is 35.0 Å². The summed E-state index contributed by atoms with van der Waals surface area (Å²) >= 11 is 0. The predicted octanol–water partition coefficient (Wildman–Crippen LogP) is 3.21. The van der Waals surface area contributed by atoms with Crippen molar-refractivity contribution in [3.05, 3.63) is 35.9 Å². The summed E-state index contributed by atoms with van der Waals surface area (Å²) in [5.74, 6) is -3.32. The molecule has 0 spiro atoms. The van der Waals surface area contributed by atoms with Crippen molar-refractivity contribution in [1.82, 2.24) is 5.32 Å². The van der Waals surface area contributed by atoms with Gasteiger partial charge in [0.2, 0.25) is 0 Å². The number of carbonyl (C=O) groups excluding carboxylic acids is 4. The average Bonchev–Trinajstić information content (AvgIpc) is 2.62. The fourth-order valence-electron chi connectivity index (χ4n) is 2.76. The van der Waals surface area contributed by atoms with Gasteiger partial charge in [-0.1, -0.05) is 30.3 Å². The summed E-state index contributed by atoms with van der Waals surface area (Å²) in [5, 5.41) is 2.42. The first kappa shape index (κ1) is 26.1. The van der Waals surface area contributed by atoms with Crippen LogP contribution in [0.1, 0.15) is 53.5 Å². The Bertz CT molecular complexity index is 745. The van der Waals surface area contributed by atoms with E-state index in [9.17, 15) is 19.2 Å². The second-order valence-corrected chi connectivity index (χ2v) is 9.16. The number of methoxy groups -OCH3 is 1. The molecule has 0 saturated carbocycles. The van der Waals surface area contributed by atoms with E-state index in [1.54, 1.807) is 65.8 Å². The molecule has 8 heteroatoms. The molecule has 1 N–H and O–H groups in total. The summed E-state index contributed by atoms with van der Waals surface area (Å²) in [4.78, 5) is 50.3. The Morgan fingerprint density at radius 2 is 1.45 bits per heavy atom. The van der Waals surface area contributed by atoms with Gasteiger partial charge >= 0.3 is 18.0 Å². The van der Waals surface area contributed by atoms with E-state index in [1.807, 2.05) is 6.07 Å².